The van der Waals surface area contributed by atoms with Crippen molar-refractivity contribution >= 4 is 12.0 Å². The van der Waals surface area contributed by atoms with Crippen molar-refractivity contribution in [2.24, 2.45) is 63.2 Å². The number of carbonyl (C=O) groups is 1. The number of fused-ring (bicyclic) bond motifs is 7. The summed E-state index contributed by atoms with van der Waals surface area (Å²) in [5, 5.41) is 0. The van der Waals surface area contributed by atoms with Crippen LogP contribution in [0.2, 0.25) is 0 Å². The highest BCUT2D eigenvalue weighted by Crippen LogP contribution is 2.80. The molecule has 5 fully saturated rings. The van der Waals surface area contributed by atoms with Gasteiger partial charge in [0.05, 0.1) is 0 Å². The SMILES string of the molecule is CCC12CCC3C4CCC(=O)C=C4CC(C4CC4)C3C1C1CC1C2(C)C=NC. The molecule has 0 saturated heterocycles. The van der Waals surface area contributed by atoms with E-state index >= 15 is 0 Å². The Balaban J connectivity index is 1.45. The second-order valence-electron chi connectivity index (χ2n) is 11.5. The van der Waals surface area contributed by atoms with Crippen LogP contribution in [-0.4, -0.2) is 19.0 Å². The highest BCUT2D eigenvalue weighted by Gasteiger charge is 2.75. The normalized spacial score (nSPS) is 54.6. The fourth-order valence-corrected chi connectivity index (χ4v) is 9.73. The zero-order valence-electron chi connectivity index (χ0n) is 18.0. The van der Waals surface area contributed by atoms with Crippen molar-refractivity contribution in [1.29, 1.82) is 0 Å². The Labute approximate surface area is 170 Å². The number of rotatable bonds is 3. The topological polar surface area (TPSA) is 29.4 Å². The molecule has 6 aliphatic rings. The molecule has 6 aliphatic carbocycles. The molecule has 152 valence electrons. The maximum Gasteiger partial charge on any atom is 0.155 e. The van der Waals surface area contributed by atoms with Gasteiger partial charge in [0.2, 0.25) is 0 Å². The van der Waals surface area contributed by atoms with Crippen LogP contribution in [-0.2, 0) is 4.79 Å². The van der Waals surface area contributed by atoms with Crippen molar-refractivity contribution in [2.45, 2.75) is 71.6 Å². The van der Waals surface area contributed by atoms with Gasteiger partial charge in [-0.2, -0.15) is 0 Å². The molecule has 9 atom stereocenters. The fourth-order valence-electron chi connectivity index (χ4n) is 9.73. The summed E-state index contributed by atoms with van der Waals surface area (Å²) < 4.78 is 0. The van der Waals surface area contributed by atoms with Crippen LogP contribution in [0.15, 0.2) is 16.6 Å². The number of hydrogen-bond donors (Lipinski definition) is 0. The van der Waals surface area contributed by atoms with E-state index in [0.29, 0.717) is 16.6 Å². The van der Waals surface area contributed by atoms with Gasteiger partial charge in [-0.1, -0.05) is 19.4 Å². The molecule has 0 aromatic rings. The lowest BCUT2D eigenvalue weighted by Crippen LogP contribution is -2.55. The summed E-state index contributed by atoms with van der Waals surface area (Å²) in [6.07, 6.45) is 16.2. The predicted octanol–water partition coefficient (Wildman–Crippen LogP) is 5.72. The van der Waals surface area contributed by atoms with Crippen molar-refractivity contribution in [1.82, 2.24) is 0 Å². The Kier molecular flexibility index (Phi) is 3.72. The van der Waals surface area contributed by atoms with Gasteiger partial charge in [0.25, 0.3) is 0 Å². The summed E-state index contributed by atoms with van der Waals surface area (Å²) >= 11 is 0. The van der Waals surface area contributed by atoms with Crippen LogP contribution in [0.5, 0.6) is 0 Å². The van der Waals surface area contributed by atoms with Crippen LogP contribution in [0.25, 0.3) is 0 Å². The third-order valence-corrected chi connectivity index (χ3v) is 10.9. The maximum atomic E-state index is 12.2. The third kappa shape index (κ3) is 2.11. The molecule has 6 rings (SSSR count). The van der Waals surface area contributed by atoms with Crippen LogP contribution in [0, 0.1) is 58.2 Å². The Morgan fingerprint density at radius 1 is 1.18 bits per heavy atom. The van der Waals surface area contributed by atoms with Crippen LogP contribution in [0.4, 0.5) is 0 Å². The van der Waals surface area contributed by atoms with Crippen molar-refractivity contribution in [3.8, 4) is 0 Å². The van der Waals surface area contributed by atoms with Crippen LogP contribution in [0.3, 0.4) is 0 Å². The number of allylic oxidation sites excluding steroid dienone is 1. The first-order chi connectivity index (χ1) is 13.5. The molecular weight excluding hydrogens is 342 g/mol. The van der Waals surface area contributed by atoms with Gasteiger partial charge in [-0.05, 0) is 110 Å². The molecule has 0 aliphatic heterocycles. The summed E-state index contributed by atoms with van der Waals surface area (Å²) in [4.78, 5) is 16.8. The van der Waals surface area contributed by atoms with Gasteiger partial charge < -0.3 is 4.99 Å². The zero-order chi connectivity index (χ0) is 19.3. The molecule has 0 radical (unpaired) electrons. The smallest absolute Gasteiger partial charge is 0.155 e. The van der Waals surface area contributed by atoms with E-state index in [-0.39, 0.29) is 0 Å². The second kappa shape index (κ2) is 5.82. The largest absolute Gasteiger partial charge is 0.300 e. The molecule has 0 heterocycles. The molecule has 28 heavy (non-hydrogen) atoms. The van der Waals surface area contributed by atoms with E-state index in [1.165, 1.54) is 44.9 Å². The lowest BCUT2D eigenvalue weighted by Gasteiger charge is -2.60. The van der Waals surface area contributed by atoms with Gasteiger partial charge >= 0.3 is 0 Å². The van der Waals surface area contributed by atoms with Crippen LogP contribution >= 0.6 is 0 Å². The number of ketones is 1. The highest BCUT2D eigenvalue weighted by molar-refractivity contribution is 5.91. The van der Waals surface area contributed by atoms with Gasteiger partial charge in [-0.3, -0.25) is 4.79 Å². The van der Waals surface area contributed by atoms with Crippen molar-refractivity contribution in [3.63, 3.8) is 0 Å². The lowest BCUT2D eigenvalue weighted by atomic mass is 9.44. The quantitative estimate of drug-likeness (QED) is 0.577. The lowest BCUT2D eigenvalue weighted by molar-refractivity contribution is -0.117. The minimum atomic E-state index is 0.323. The van der Waals surface area contributed by atoms with E-state index in [1.54, 1.807) is 5.57 Å². The molecule has 0 amide bonds. The molecular formula is C26H37NO. The second-order valence-corrected chi connectivity index (χ2v) is 11.5. The van der Waals surface area contributed by atoms with Crippen molar-refractivity contribution < 1.29 is 4.79 Å². The van der Waals surface area contributed by atoms with Gasteiger partial charge in [0.1, 0.15) is 0 Å². The van der Waals surface area contributed by atoms with Crippen LogP contribution in [0.1, 0.15) is 71.6 Å². The van der Waals surface area contributed by atoms with E-state index in [1.807, 2.05) is 7.05 Å². The van der Waals surface area contributed by atoms with Crippen molar-refractivity contribution in [3.05, 3.63) is 11.6 Å². The Hall–Kier alpha value is -0.920. The monoisotopic (exact) mass is 379 g/mol. The van der Waals surface area contributed by atoms with Crippen LogP contribution < -0.4 is 0 Å². The van der Waals surface area contributed by atoms with Crippen molar-refractivity contribution in [2.75, 3.05) is 7.05 Å². The average Bonchev–Trinajstić information content (AvgIpc) is 3.59. The van der Waals surface area contributed by atoms with Gasteiger partial charge in [-0.25, -0.2) is 0 Å². The molecule has 0 N–H and O–H groups in total. The summed E-state index contributed by atoms with van der Waals surface area (Å²) in [5.41, 5.74) is 2.38. The molecule has 0 aromatic heterocycles. The number of nitrogens with zero attached hydrogens (tertiary/aromatic N) is 1. The first-order valence-corrected chi connectivity index (χ1v) is 12.2. The third-order valence-electron chi connectivity index (χ3n) is 10.9. The van der Waals surface area contributed by atoms with Gasteiger partial charge in [0, 0.05) is 25.1 Å². The summed E-state index contributed by atoms with van der Waals surface area (Å²) in [7, 11) is 1.99. The van der Waals surface area contributed by atoms with E-state index in [9.17, 15) is 4.79 Å². The molecule has 0 bridgehead atoms. The van der Waals surface area contributed by atoms with E-state index in [4.69, 9.17) is 0 Å². The standard InChI is InChI=1S/C26H37NO/c1-4-26-10-9-19-18-8-7-17(28)11-16(18)12-20(15-5-6-15)23(19)24(26)21-13-22(21)25(26,2)14-27-3/h11,14-15,18-24H,4-10,12-13H2,1-3H3. The molecule has 0 aromatic carbocycles. The zero-order valence-corrected chi connectivity index (χ0v) is 18.0. The highest BCUT2D eigenvalue weighted by atomic mass is 16.1. The Morgan fingerprint density at radius 2 is 2.00 bits per heavy atom. The molecule has 2 heteroatoms. The summed E-state index contributed by atoms with van der Waals surface area (Å²) in [6, 6.07) is 0. The minimum absolute atomic E-state index is 0.323. The summed E-state index contributed by atoms with van der Waals surface area (Å²) in [5.74, 6) is 7.56. The molecule has 9 unspecified atom stereocenters. The first-order valence-electron chi connectivity index (χ1n) is 12.2. The number of aliphatic imine (C=N–C) groups is 1. The molecule has 5 saturated carbocycles. The minimum Gasteiger partial charge on any atom is -0.300 e. The molecule has 0 spiro atoms. The summed E-state index contributed by atoms with van der Waals surface area (Å²) in [6.45, 7) is 5.06. The molecule has 2 nitrogen and oxygen atoms in total. The Morgan fingerprint density at radius 3 is 2.71 bits per heavy atom. The number of carbonyl (C=O) groups excluding carboxylic acids is 1. The van der Waals surface area contributed by atoms with E-state index in [0.717, 1.165) is 60.2 Å². The Bertz CT molecular complexity index is 762. The van der Waals surface area contributed by atoms with E-state index in [2.05, 4.69) is 31.1 Å². The number of hydrogen-bond acceptors (Lipinski definition) is 2. The maximum absolute atomic E-state index is 12.2. The van der Waals surface area contributed by atoms with E-state index < -0.39 is 0 Å². The predicted molar refractivity (Wildman–Crippen MR) is 113 cm³/mol. The fraction of sp³-hybridized carbons (Fsp3) is 0.846. The van der Waals surface area contributed by atoms with Gasteiger partial charge in [0.15, 0.2) is 5.78 Å². The average molecular weight is 380 g/mol. The van der Waals surface area contributed by atoms with Gasteiger partial charge in [-0.15, -0.1) is 0 Å². The first kappa shape index (κ1) is 17.9.